The number of hydrogen-bond donors (Lipinski definition) is 1. The van der Waals surface area contributed by atoms with Gasteiger partial charge in [0, 0.05) is 11.8 Å². The molecule has 0 spiro atoms. The highest BCUT2D eigenvalue weighted by atomic mass is 19.3. The van der Waals surface area contributed by atoms with Crippen molar-refractivity contribution in [2.75, 3.05) is 6.61 Å². The van der Waals surface area contributed by atoms with E-state index in [1.54, 1.807) is 0 Å². The minimum Gasteiger partial charge on any atom is -0.461 e. The van der Waals surface area contributed by atoms with Crippen LogP contribution in [0.4, 0.5) is 8.78 Å². The summed E-state index contributed by atoms with van der Waals surface area (Å²) in [6, 6.07) is 0. The summed E-state index contributed by atoms with van der Waals surface area (Å²) in [4.78, 5) is 22.2. The third-order valence-corrected chi connectivity index (χ3v) is 4.33. The predicted molar refractivity (Wildman–Crippen MR) is 51.4 cm³/mol. The quantitative estimate of drug-likeness (QED) is 0.723. The van der Waals surface area contributed by atoms with Crippen LogP contribution in [0.2, 0.25) is 0 Å². The van der Waals surface area contributed by atoms with Gasteiger partial charge in [0.1, 0.15) is 6.10 Å². The maximum Gasteiger partial charge on any atom is 0.373 e. The van der Waals surface area contributed by atoms with E-state index < -0.39 is 36.5 Å². The molecular formula is C11H12F2O5. The first kappa shape index (κ1) is 11.8. The van der Waals surface area contributed by atoms with E-state index in [9.17, 15) is 23.5 Å². The van der Waals surface area contributed by atoms with Gasteiger partial charge in [0.2, 0.25) is 0 Å². The van der Waals surface area contributed by atoms with Crippen LogP contribution >= 0.6 is 0 Å². The van der Waals surface area contributed by atoms with Gasteiger partial charge in [-0.1, -0.05) is 0 Å². The van der Waals surface area contributed by atoms with Gasteiger partial charge in [0.25, 0.3) is 0 Å². The summed E-state index contributed by atoms with van der Waals surface area (Å²) in [6.07, 6.45) is -3.75. The predicted octanol–water partition coefficient (Wildman–Crippen LogP) is -0.0369. The van der Waals surface area contributed by atoms with Crippen LogP contribution < -0.4 is 0 Å². The maximum absolute atomic E-state index is 12.0. The number of fused-ring (bicyclic) bond motifs is 1. The van der Waals surface area contributed by atoms with Crippen LogP contribution in [0, 0.1) is 23.7 Å². The first-order valence-corrected chi connectivity index (χ1v) is 5.84. The van der Waals surface area contributed by atoms with E-state index in [2.05, 4.69) is 4.74 Å². The number of carbonyl (C=O) groups excluding carboxylic acids is 2. The molecule has 1 aliphatic heterocycles. The van der Waals surface area contributed by atoms with Gasteiger partial charge in [-0.2, -0.15) is 8.78 Å². The highest BCUT2D eigenvalue weighted by molar-refractivity contribution is 5.77. The first-order chi connectivity index (χ1) is 8.50. The molecule has 7 heteroatoms. The Labute approximate surface area is 101 Å². The number of esters is 2. The van der Waals surface area contributed by atoms with Gasteiger partial charge in [-0.15, -0.1) is 0 Å². The van der Waals surface area contributed by atoms with Gasteiger partial charge in [0.15, 0.2) is 0 Å². The molecule has 100 valence electrons. The number of aliphatic hydroxyl groups excluding tert-OH is 1. The van der Waals surface area contributed by atoms with E-state index in [0.717, 1.165) is 0 Å². The highest BCUT2D eigenvalue weighted by Gasteiger charge is 2.66. The van der Waals surface area contributed by atoms with Crippen molar-refractivity contribution in [3.8, 4) is 0 Å². The van der Waals surface area contributed by atoms with E-state index in [4.69, 9.17) is 4.74 Å². The van der Waals surface area contributed by atoms with Crippen molar-refractivity contribution < 1.29 is 33.0 Å². The smallest absolute Gasteiger partial charge is 0.373 e. The van der Waals surface area contributed by atoms with Crippen molar-refractivity contribution in [1.82, 2.24) is 0 Å². The molecule has 0 aromatic carbocycles. The Bertz CT molecular complexity index is 399. The Morgan fingerprint density at radius 2 is 2.22 bits per heavy atom. The fraction of sp³-hybridized carbons (Fsp3) is 0.818. The molecule has 6 atom stereocenters. The lowest BCUT2D eigenvalue weighted by atomic mass is 9.80. The summed E-state index contributed by atoms with van der Waals surface area (Å²) in [5.74, 6) is -3.12. The zero-order chi connectivity index (χ0) is 13.0. The molecule has 2 aliphatic carbocycles. The third-order valence-electron chi connectivity index (χ3n) is 4.33. The van der Waals surface area contributed by atoms with E-state index in [-0.39, 0.29) is 24.4 Å². The van der Waals surface area contributed by atoms with Crippen LogP contribution in [0.3, 0.4) is 0 Å². The minimum atomic E-state index is -3.16. The van der Waals surface area contributed by atoms with E-state index in [1.807, 2.05) is 0 Å². The molecular weight excluding hydrogens is 250 g/mol. The van der Waals surface area contributed by atoms with Crippen LogP contribution in [0.5, 0.6) is 0 Å². The topological polar surface area (TPSA) is 72.8 Å². The normalized spacial score (nSPS) is 44.6. The second-order valence-corrected chi connectivity index (χ2v) is 5.08. The monoisotopic (exact) mass is 262 g/mol. The number of hydrogen-bond acceptors (Lipinski definition) is 5. The van der Waals surface area contributed by atoms with Crippen LogP contribution in [0.25, 0.3) is 0 Å². The largest absolute Gasteiger partial charge is 0.461 e. The van der Waals surface area contributed by atoms with Crippen LogP contribution in [-0.4, -0.2) is 42.3 Å². The molecule has 18 heavy (non-hydrogen) atoms. The second kappa shape index (κ2) is 3.88. The zero-order valence-corrected chi connectivity index (χ0v) is 9.29. The lowest BCUT2D eigenvalue weighted by Gasteiger charge is -2.28. The molecule has 0 aromatic rings. The number of aliphatic hydroxyl groups is 1. The van der Waals surface area contributed by atoms with Gasteiger partial charge >= 0.3 is 18.4 Å². The van der Waals surface area contributed by atoms with E-state index >= 15 is 0 Å². The molecule has 0 radical (unpaired) electrons. The highest BCUT2D eigenvalue weighted by Crippen LogP contribution is 2.57. The van der Waals surface area contributed by atoms with Crippen LogP contribution in [-0.2, 0) is 19.1 Å². The van der Waals surface area contributed by atoms with Crippen molar-refractivity contribution >= 4 is 11.9 Å². The van der Waals surface area contributed by atoms with Crippen molar-refractivity contribution in [3.05, 3.63) is 0 Å². The summed E-state index contributed by atoms with van der Waals surface area (Å²) in [5.41, 5.74) is 0. The molecule has 0 amide bonds. The van der Waals surface area contributed by atoms with Crippen molar-refractivity contribution in [2.24, 2.45) is 23.7 Å². The van der Waals surface area contributed by atoms with E-state index in [0.29, 0.717) is 6.42 Å². The van der Waals surface area contributed by atoms with Crippen LogP contribution in [0.15, 0.2) is 0 Å². The Morgan fingerprint density at radius 3 is 2.89 bits per heavy atom. The molecule has 0 aromatic heterocycles. The number of alkyl halides is 2. The molecule has 2 saturated carbocycles. The summed E-state index contributed by atoms with van der Waals surface area (Å²) >= 11 is 0. The second-order valence-electron chi connectivity index (χ2n) is 5.08. The summed E-state index contributed by atoms with van der Waals surface area (Å²) in [5, 5.41) is 9.93. The molecule has 1 N–H and O–H groups in total. The molecule has 5 nitrogen and oxygen atoms in total. The fourth-order valence-corrected chi connectivity index (χ4v) is 3.61. The van der Waals surface area contributed by atoms with Crippen molar-refractivity contribution in [1.29, 1.82) is 0 Å². The third kappa shape index (κ3) is 1.46. The summed E-state index contributed by atoms with van der Waals surface area (Å²) in [6.45, 7) is -0.230. The van der Waals surface area contributed by atoms with Gasteiger partial charge in [0.05, 0.1) is 18.6 Å². The lowest BCUT2D eigenvalue weighted by molar-refractivity contribution is -0.160. The average molecular weight is 262 g/mol. The first-order valence-electron chi connectivity index (χ1n) is 5.84. The number of carbonyl (C=O) groups is 2. The summed E-state index contributed by atoms with van der Waals surface area (Å²) < 4.78 is 33.6. The van der Waals surface area contributed by atoms with Crippen molar-refractivity contribution in [2.45, 2.75) is 25.1 Å². The lowest BCUT2D eigenvalue weighted by Crippen LogP contribution is -2.39. The Balaban J connectivity index is 1.68. The van der Waals surface area contributed by atoms with Crippen molar-refractivity contribution in [3.63, 3.8) is 0 Å². The van der Waals surface area contributed by atoms with Gasteiger partial charge in [-0.25, -0.2) is 4.79 Å². The summed E-state index contributed by atoms with van der Waals surface area (Å²) in [7, 11) is 0. The van der Waals surface area contributed by atoms with E-state index in [1.165, 1.54) is 0 Å². The number of halogens is 2. The Kier molecular flexibility index (Phi) is 2.55. The molecule has 6 unspecified atom stereocenters. The van der Waals surface area contributed by atoms with Gasteiger partial charge in [-0.3, -0.25) is 4.79 Å². The molecule has 1 heterocycles. The Morgan fingerprint density at radius 1 is 1.50 bits per heavy atom. The van der Waals surface area contributed by atoms with Gasteiger partial charge in [-0.05, 0) is 12.3 Å². The molecule has 2 bridgehead atoms. The molecule has 3 fully saturated rings. The van der Waals surface area contributed by atoms with Gasteiger partial charge < -0.3 is 14.6 Å². The zero-order valence-electron chi connectivity index (χ0n) is 9.29. The number of ether oxygens (including phenoxy) is 2. The molecule has 3 aliphatic rings. The minimum absolute atomic E-state index is 0.0623. The fourth-order valence-electron chi connectivity index (χ4n) is 3.61. The average Bonchev–Trinajstić information content (AvgIpc) is 2.88. The maximum atomic E-state index is 12.0. The Hall–Kier alpha value is -1.24. The SMILES string of the molecule is O=C(OCC1C2CC3C1OC(=O)C3C2O)C(F)F. The van der Waals surface area contributed by atoms with Crippen LogP contribution in [0.1, 0.15) is 6.42 Å². The molecule has 3 rings (SSSR count). The number of rotatable bonds is 3. The molecule has 1 saturated heterocycles. The standard InChI is InChI=1S/C11H12F2O5/c12-9(13)11(16)17-2-5-3-1-4-6(7(3)14)10(15)18-8(4)5/h3-9,14H,1-2H2.